The second-order valence-electron chi connectivity index (χ2n) is 4.54. The number of hydrogen-bond donors (Lipinski definition) is 1. The lowest BCUT2D eigenvalue weighted by molar-refractivity contribution is -0.130. The van der Waals surface area contributed by atoms with Gasteiger partial charge < -0.3 is 10.2 Å². The van der Waals surface area contributed by atoms with Crippen LogP contribution in [0.15, 0.2) is 28.7 Å². The molecule has 1 unspecified atom stereocenters. The van der Waals surface area contributed by atoms with Gasteiger partial charge in [-0.15, -0.1) is 0 Å². The van der Waals surface area contributed by atoms with Crippen LogP contribution in [-0.2, 0) is 11.3 Å². The van der Waals surface area contributed by atoms with E-state index in [9.17, 15) is 4.79 Å². The maximum Gasteiger partial charge on any atom is 0.224 e. The van der Waals surface area contributed by atoms with Gasteiger partial charge in [0.1, 0.15) is 0 Å². The summed E-state index contributed by atoms with van der Waals surface area (Å²) in [6, 6.07) is 8.27. The summed E-state index contributed by atoms with van der Waals surface area (Å²) in [6.07, 6.45) is 0.540. The lowest BCUT2D eigenvalue weighted by Gasteiger charge is -2.20. The largest absolute Gasteiger partial charge is 0.341 e. The summed E-state index contributed by atoms with van der Waals surface area (Å²) < 4.78 is 1.04. The minimum absolute atomic E-state index is 0.170. The Hall–Kier alpha value is -0.870. The predicted molar refractivity (Wildman–Crippen MR) is 78.4 cm³/mol. The number of carbonyl (C=O) groups excluding carboxylic acids is 1. The molecule has 1 rings (SSSR count). The average molecular weight is 313 g/mol. The third-order valence-corrected chi connectivity index (χ3v) is 3.26. The van der Waals surface area contributed by atoms with Gasteiger partial charge in [0.2, 0.25) is 5.91 Å². The van der Waals surface area contributed by atoms with Crippen LogP contribution in [0.3, 0.4) is 0 Å². The molecule has 0 saturated carbocycles. The molecule has 0 fully saturated rings. The van der Waals surface area contributed by atoms with Gasteiger partial charge in [-0.05, 0) is 31.2 Å². The Morgan fingerprint density at radius 3 is 2.83 bits per heavy atom. The van der Waals surface area contributed by atoms with Crippen LogP contribution in [0.1, 0.15) is 25.8 Å². The fourth-order valence-corrected chi connectivity index (χ4v) is 2.28. The Kier molecular flexibility index (Phi) is 6.36. The van der Waals surface area contributed by atoms with Crippen LogP contribution in [0.4, 0.5) is 0 Å². The Labute approximate surface area is 118 Å². The molecule has 1 aromatic carbocycles. The summed E-state index contributed by atoms with van der Waals surface area (Å²) in [6.45, 7) is 5.63. The molecule has 100 valence electrons. The molecule has 0 aromatic heterocycles. The smallest absolute Gasteiger partial charge is 0.224 e. The maximum absolute atomic E-state index is 12.0. The van der Waals surface area contributed by atoms with E-state index in [1.807, 2.05) is 45.2 Å². The quantitative estimate of drug-likeness (QED) is 0.876. The average Bonchev–Trinajstić information content (AvgIpc) is 2.29. The Morgan fingerprint density at radius 1 is 1.50 bits per heavy atom. The topological polar surface area (TPSA) is 32.3 Å². The summed E-state index contributed by atoms with van der Waals surface area (Å²) in [5, 5.41) is 3.25. The van der Waals surface area contributed by atoms with E-state index in [0.717, 1.165) is 16.6 Å². The molecular formula is C14H21BrN2O. The number of carbonyl (C=O) groups is 1. The zero-order valence-electron chi connectivity index (χ0n) is 11.2. The highest BCUT2D eigenvalue weighted by atomic mass is 79.9. The zero-order chi connectivity index (χ0) is 13.5. The van der Waals surface area contributed by atoms with Gasteiger partial charge in [0.15, 0.2) is 0 Å². The second kappa shape index (κ2) is 7.54. The monoisotopic (exact) mass is 312 g/mol. The van der Waals surface area contributed by atoms with Crippen molar-refractivity contribution >= 4 is 21.8 Å². The van der Waals surface area contributed by atoms with Crippen molar-refractivity contribution in [1.29, 1.82) is 0 Å². The van der Waals surface area contributed by atoms with Crippen LogP contribution >= 0.6 is 15.9 Å². The third kappa shape index (κ3) is 5.19. The zero-order valence-corrected chi connectivity index (χ0v) is 12.8. The molecule has 18 heavy (non-hydrogen) atoms. The molecule has 1 N–H and O–H groups in total. The number of amides is 1. The Morgan fingerprint density at radius 2 is 2.22 bits per heavy atom. The van der Waals surface area contributed by atoms with E-state index in [4.69, 9.17) is 0 Å². The van der Waals surface area contributed by atoms with Gasteiger partial charge in [-0.25, -0.2) is 0 Å². The van der Waals surface area contributed by atoms with E-state index in [1.54, 1.807) is 4.90 Å². The molecule has 0 aliphatic carbocycles. The van der Waals surface area contributed by atoms with Crippen molar-refractivity contribution in [3.63, 3.8) is 0 Å². The predicted octanol–water partition coefficient (Wildman–Crippen LogP) is 2.80. The maximum atomic E-state index is 12.0. The standard InChI is InChI=1S/C14H21BrN2O/c1-4-16-11(2)8-14(18)17(3)10-12-6-5-7-13(15)9-12/h5-7,9,11,16H,4,8,10H2,1-3H3. The molecule has 0 spiro atoms. The van der Waals surface area contributed by atoms with Crippen LogP contribution in [0.5, 0.6) is 0 Å². The van der Waals surface area contributed by atoms with Crippen LogP contribution in [0, 0.1) is 0 Å². The second-order valence-corrected chi connectivity index (χ2v) is 5.46. The van der Waals surface area contributed by atoms with Gasteiger partial charge in [0, 0.05) is 30.5 Å². The molecule has 0 saturated heterocycles. The van der Waals surface area contributed by atoms with Gasteiger partial charge in [0.05, 0.1) is 0 Å². The van der Waals surface area contributed by atoms with Crippen molar-refractivity contribution in [2.24, 2.45) is 0 Å². The first-order valence-electron chi connectivity index (χ1n) is 6.24. The molecule has 1 amide bonds. The van der Waals surface area contributed by atoms with E-state index in [-0.39, 0.29) is 11.9 Å². The molecular weight excluding hydrogens is 292 g/mol. The summed E-state index contributed by atoms with van der Waals surface area (Å²) in [4.78, 5) is 13.8. The Bertz CT molecular complexity index is 395. The summed E-state index contributed by atoms with van der Waals surface area (Å²) in [5.74, 6) is 0.170. The molecule has 4 heteroatoms. The van der Waals surface area contributed by atoms with Gasteiger partial charge in [-0.1, -0.05) is 35.0 Å². The highest BCUT2D eigenvalue weighted by molar-refractivity contribution is 9.10. The number of nitrogens with one attached hydrogen (secondary N) is 1. The van der Waals surface area contributed by atoms with E-state index in [2.05, 4.69) is 21.2 Å². The van der Waals surface area contributed by atoms with Crippen LogP contribution in [-0.4, -0.2) is 30.4 Å². The number of benzene rings is 1. The van der Waals surface area contributed by atoms with Crippen LogP contribution in [0.2, 0.25) is 0 Å². The lowest BCUT2D eigenvalue weighted by Crippen LogP contribution is -2.34. The van der Waals surface area contributed by atoms with E-state index in [0.29, 0.717) is 13.0 Å². The van der Waals surface area contributed by atoms with Crippen molar-refractivity contribution in [3.05, 3.63) is 34.3 Å². The molecule has 0 aliphatic rings. The first kappa shape index (κ1) is 15.2. The number of rotatable bonds is 6. The van der Waals surface area contributed by atoms with Gasteiger partial charge in [0.25, 0.3) is 0 Å². The first-order chi connectivity index (χ1) is 8.52. The van der Waals surface area contributed by atoms with Gasteiger partial charge >= 0.3 is 0 Å². The number of nitrogens with zero attached hydrogens (tertiary/aromatic N) is 1. The first-order valence-corrected chi connectivity index (χ1v) is 7.04. The third-order valence-electron chi connectivity index (χ3n) is 2.77. The van der Waals surface area contributed by atoms with Crippen molar-refractivity contribution in [2.45, 2.75) is 32.9 Å². The molecule has 1 atom stereocenters. The van der Waals surface area contributed by atoms with Crippen molar-refractivity contribution < 1.29 is 4.79 Å². The minimum Gasteiger partial charge on any atom is -0.341 e. The van der Waals surface area contributed by atoms with Crippen molar-refractivity contribution in [2.75, 3.05) is 13.6 Å². The minimum atomic E-state index is 0.170. The SMILES string of the molecule is CCNC(C)CC(=O)N(C)Cc1cccc(Br)c1. The highest BCUT2D eigenvalue weighted by Crippen LogP contribution is 2.13. The van der Waals surface area contributed by atoms with Crippen molar-refractivity contribution in [3.8, 4) is 0 Å². The molecule has 0 radical (unpaired) electrons. The summed E-state index contributed by atoms with van der Waals surface area (Å²) >= 11 is 3.44. The van der Waals surface area contributed by atoms with E-state index in [1.165, 1.54) is 0 Å². The fourth-order valence-electron chi connectivity index (χ4n) is 1.84. The summed E-state index contributed by atoms with van der Waals surface area (Å²) in [7, 11) is 1.85. The van der Waals surface area contributed by atoms with Crippen LogP contribution in [0.25, 0.3) is 0 Å². The van der Waals surface area contributed by atoms with Crippen LogP contribution < -0.4 is 5.32 Å². The summed E-state index contributed by atoms with van der Waals surface area (Å²) in [5.41, 5.74) is 1.14. The Balaban J connectivity index is 2.49. The molecule has 3 nitrogen and oxygen atoms in total. The van der Waals surface area contributed by atoms with Gasteiger partial charge in [-0.3, -0.25) is 4.79 Å². The van der Waals surface area contributed by atoms with Crippen molar-refractivity contribution in [1.82, 2.24) is 10.2 Å². The molecule has 0 bridgehead atoms. The fraction of sp³-hybridized carbons (Fsp3) is 0.500. The number of hydrogen-bond acceptors (Lipinski definition) is 2. The lowest BCUT2D eigenvalue weighted by atomic mass is 10.2. The van der Waals surface area contributed by atoms with E-state index >= 15 is 0 Å². The highest BCUT2D eigenvalue weighted by Gasteiger charge is 2.12. The number of halogens is 1. The molecule has 0 heterocycles. The molecule has 1 aromatic rings. The normalized spacial score (nSPS) is 12.2. The molecule has 0 aliphatic heterocycles. The van der Waals surface area contributed by atoms with Gasteiger partial charge in [-0.2, -0.15) is 0 Å². The van der Waals surface area contributed by atoms with E-state index < -0.39 is 0 Å².